The first-order valence-electron chi connectivity index (χ1n) is 6.70. The number of rotatable bonds is 5. The van der Waals surface area contributed by atoms with Gasteiger partial charge in [0.15, 0.2) is 0 Å². The first-order chi connectivity index (χ1) is 9.60. The maximum absolute atomic E-state index is 6.03. The molecule has 0 amide bonds. The Labute approximate surface area is 124 Å². The van der Waals surface area contributed by atoms with Crippen LogP contribution in [-0.2, 0) is 6.54 Å². The standard InChI is InChI=1S/C16H19ClN2O/c1-4-18-10-13-5-6-19-15(9-13)20-16-11(2)7-14(17)8-12(16)3/h5-9,18H,4,10H2,1-3H3. The van der Waals surface area contributed by atoms with Crippen LogP contribution in [0.15, 0.2) is 30.5 Å². The smallest absolute Gasteiger partial charge is 0.219 e. The molecule has 0 unspecified atom stereocenters. The van der Waals surface area contributed by atoms with E-state index in [4.69, 9.17) is 16.3 Å². The van der Waals surface area contributed by atoms with Crippen LogP contribution in [0, 0.1) is 13.8 Å². The van der Waals surface area contributed by atoms with Crippen LogP contribution in [0.1, 0.15) is 23.6 Å². The molecule has 0 aliphatic heterocycles. The van der Waals surface area contributed by atoms with Crippen molar-refractivity contribution >= 4 is 11.6 Å². The Morgan fingerprint density at radius 1 is 1.20 bits per heavy atom. The van der Waals surface area contributed by atoms with Crippen LogP contribution in [0.3, 0.4) is 0 Å². The lowest BCUT2D eigenvalue weighted by Gasteiger charge is -2.12. The summed E-state index contributed by atoms with van der Waals surface area (Å²) in [4.78, 5) is 4.26. The molecule has 0 spiro atoms. The number of aromatic nitrogens is 1. The van der Waals surface area contributed by atoms with E-state index in [1.54, 1.807) is 6.20 Å². The average molecular weight is 291 g/mol. The molecule has 0 atom stereocenters. The summed E-state index contributed by atoms with van der Waals surface area (Å²) in [5.74, 6) is 1.43. The van der Waals surface area contributed by atoms with Gasteiger partial charge in [-0.05, 0) is 55.3 Å². The number of benzene rings is 1. The number of halogens is 1. The lowest BCUT2D eigenvalue weighted by Crippen LogP contribution is -2.11. The van der Waals surface area contributed by atoms with E-state index in [9.17, 15) is 0 Å². The second-order valence-corrected chi connectivity index (χ2v) is 5.19. The summed E-state index contributed by atoms with van der Waals surface area (Å²) in [6.45, 7) is 7.80. The Balaban J connectivity index is 2.22. The van der Waals surface area contributed by atoms with E-state index >= 15 is 0 Å². The van der Waals surface area contributed by atoms with Gasteiger partial charge in [-0.2, -0.15) is 0 Å². The van der Waals surface area contributed by atoms with Crippen molar-refractivity contribution in [3.63, 3.8) is 0 Å². The van der Waals surface area contributed by atoms with E-state index < -0.39 is 0 Å². The van der Waals surface area contributed by atoms with Crippen molar-refractivity contribution in [2.24, 2.45) is 0 Å². The fourth-order valence-electron chi connectivity index (χ4n) is 2.05. The fourth-order valence-corrected chi connectivity index (χ4v) is 2.38. The maximum Gasteiger partial charge on any atom is 0.219 e. The molecule has 0 saturated heterocycles. The van der Waals surface area contributed by atoms with Crippen LogP contribution in [-0.4, -0.2) is 11.5 Å². The molecule has 0 bridgehead atoms. The summed E-state index contributed by atoms with van der Waals surface area (Å²) in [7, 11) is 0. The molecule has 0 saturated carbocycles. The molecule has 1 aromatic heterocycles. The summed E-state index contributed by atoms with van der Waals surface area (Å²) in [5, 5.41) is 4.01. The monoisotopic (exact) mass is 290 g/mol. The van der Waals surface area contributed by atoms with Gasteiger partial charge >= 0.3 is 0 Å². The molecule has 0 fully saturated rings. The quantitative estimate of drug-likeness (QED) is 0.894. The maximum atomic E-state index is 6.03. The molecule has 2 rings (SSSR count). The molecule has 1 heterocycles. The van der Waals surface area contributed by atoms with Crippen LogP contribution < -0.4 is 10.1 Å². The van der Waals surface area contributed by atoms with E-state index in [1.165, 1.54) is 0 Å². The average Bonchev–Trinajstić information content (AvgIpc) is 2.41. The van der Waals surface area contributed by atoms with Gasteiger partial charge in [0.2, 0.25) is 5.88 Å². The van der Waals surface area contributed by atoms with Gasteiger partial charge in [0.25, 0.3) is 0 Å². The van der Waals surface area contributed by atoms with Gasteiger partial charge < -0.3 is 10.1 Å². The van der Waals surface area contributed by atoms with Crippen LogP contribution in [0.2, 0.25) is 5.02 Å². The van der Waals surface area contributed by atoms with Crippen molar-refractivity contribution in [3.05, 3.63) is 52.2 Å². The van der Waals surface area contributed by atoms with Crippen molar-refractivity contribution in [1.82, 2.24) is 10.3 Å². The normalized spacial score (nSPS) is 10.6. The molecule has 106 valence electrons. The Morgan fingerprint density at radius 3 is 2.55 bits per heavy atom. The molecule has 1 N–H and O–H groups in total. The highest BCUT2D eigenvalue weighted by Gasteiger charge is 2.08. The van der Waals surface area contributed by atoms with Gasteiger partial charge in [-0.25, -0.2) is 4.98 Å². The number of pyridine rings is 1. The second-order valence-electron chi connectivity index (χ2n) is 4.75. The van der Waals surface area contributed by atoms with Crippen molar-refractivity contribution in [1.29, 1.82) is 0 Å². The lowest BCUT2D eigenvalue weighted by molar-refractivity contribution is 0.455. The number of aryl methyl sites for hydroxylation is 2. The number of nitrogens with zero attached hydrogens (tertiary/aromatic N) is 1. The van der Waals surface area contributed by atoms with Gasteiger partial charge in [0.05, 0.1) is 0 Å². The molecule has 1 aromatic carbocycles. The molecule has 0 aliphatic rings. The minimum Gasteiger partial charge on any atom is -0.438 e. The van der Waals surface area contributed by atoms with Crippen LogP contribution in [0.4, 0.5) is 0 Å². The molecule has 20 heavy (non-hydrogen) atoms. The summed E-state index contributed by atoms with van der Waals surface area (Å²) in [6, 6.07) is 7.73. The molecule has 2 aromatic rings. The van der Waals surface area contributed by atoms with Crippen molar-refractivity contribution in [2.75, 3.05) is 6.54 Å². The summed E-state index contributed by atoms with van der Waals surface area (Å²) in [6.07, 6.45) is 1.77. The third-order valence-corrected chi connectivity index (χ3v) is 3.23. The SMILES string of the molecule is CCNCc1ccnc(Oc2c(C)cc(Cl)cc2C)c1. The number of hydrogen-bond donors (Lipinski definition) is 1. The predicted molar refractivity (Wildman–Crippen MR) is 82.6 cm³/mol. The highest BCUT2D eigenvalue weighted by molar-refractivity contribution is 6.30. The van der Waals surface area contributed by atoms with Crippen molar-refractivity contribution in [2.45, 2.75) is 27.3 Å². The number of hydrogen-bond acceptors (Lipinski definition) is 3. The van der Waals surface area contributed by atoms with Crippen molar-refractivity contribution in [3.8, 4) is 11.6 Å². The Kier molecular flexibility index (Phi) is 4.99. The first kappa shape index (κ1) is 14.8. The molecule has 0 aliphatic carbocycles. The molecular weight excluding hydrogens is 272 g/mol. The number of ether oxygens (including phenoxy) is 1. The third-order valence-electron chi connectivity index (χ3n) is 3.01. The number of nitrogens with one attached hydrogen (secondary N) is 1. The van der Waals surface area contributed by atoms with Gasteiger partial charge in [0, 0.05) is 23.8 Å². The Hall–Kier alpha value is -1.58. The van der Waals surface area contributed by atoms with E-state index in [2.05, 4.69) is 17.2 Å². The zero-order valence-electron chi connectivity index (χ0n) is 12.0. The Morgan fingerprint density at radius 2 is 1.90 bits per heavy atom. The topological polar surface area (TPSA) is 34.2 Å². The molecular formula is C16H19ClN2O. The van der Waals surface area contributed by atoms with E-state index in [0.717, 1.165) is 40.6 Å². The zero-order chi connectivity index (χ0) is 14.5. The van der Waals surface area contributed by atoms with Gasteiger partial charge in [-0.3, -0.25) is 0 Å². The third kappa shape index (κ3) is 3.71. The molecule has 3 nitrogen and oxygen atoms in total. The van der Waals surface area contributed by atoms with E-state index in [0.29, 0.717) is 5.88 Å². The molecule has 4 heteroatoms. The van der Waals surface area contributed by atoms with E-state index in [1.807, 2.05) is 38.1 Å². The van der Waals surface area contributed by atoms with Crippen molar-refractivity contribution < 1.29 is 4.74 Å². The lowest BCUT2D eigenvalue weighted by atomic mass is 10.1. The Bertz CT molecular complexity index is 576. The van der Waals surface area contributed by atoms with Gasteiger partial charge in [-0.15, -0.1) is 0 Å². The predicted octanol–water partition coefficient (Wildman–Crippen LogP) is 4.25. The minimum absolute atomic E-state index is 0.605. The summed E-state index contributed by atoms with van der Waals surface area (Å²) >= 11 is 6.03. The van der Waals surface area contributed by atoms with Crippen LogP contribution in [0.5, 0.6) is 11.6 Å². The second kappa shape index (κ2) is 6.73. The van der Waals surface area contributed by atoms with Gasteiger partial charge in [0.1, 0.15) is 5.75 Å². The zero-order valence-corrected chi connectivity index (χ0v) is 12.8. The summed E-state index contributed by atoms with van der Waals surface area (Å²) < 4.78 is 5.92. The first-order valence-corrected chi connectivity index (χ1v) is 7.08. The van der Waals surface area contributed by atoms with Crippen LogP contribution >= 0.6 is 11.6 Å². The fraction of sp³-hybridized carbons (Fsp3) is 0.312. The van der Waals surface area contributed by atoms with E-state index in [-0.39, 0.29) is 0 Å². The summed E-state index contributed by atoms with van der Waals surface area (Å²) in [5.41, 5.74) is 3.17. The largest absolute Gasteiger partial charge is 0.438 e. The van der Waals surface area contributed by atoms with Gasteiger partial charge in [-0.1, -0.05) is 18.5 Å². The molecule has 0 radical (unpaired) electrons. The van der Waals surface area contributed by atoms with Crippen LogP contribution in [0.25, 0.3) is 0 Å². The highest BCUT2D eigenvalue weighted by Crippen LogP contribution is 2.30. The highest BCUT2D eigenvalue weighted by atomic mass is 35.5. The minimum atomic E-state index is 0.605.